The van der Waals surface area contributed by atoms with Crippen molar-refractivity contribution in [1.29, 1.82) is 0 Å². The normalized spacial score (nSPS) is 18.0. The Morgan fingerprint density at radius 2 is 1.92 bits per heavy atom. The van der Waals surface area contributed by atoms with E-state index in [1.165, 1.54) is 7.11 Å². The number of ether oxygens (including phenoxy) is 1. The van der Waals surface area contributed by atoms with Crippen molar-refractivity contribution in [2.24, 2.45) is 0 Å². The van der Waals surface area contributed by atoms with Crippen LogP contribution in [0.1, 0.15) is 48.5 Å². The summed E-state index contributed by atoms with van der Waals surface area (Å²) >= 11 is 1.58. The molecule has 1 aromatic heterocycles. The molecule has 0 spiro atoms. The maximum atomic E-state index is 12.8. The minimum atomic E-state index is -3.67. The first-order valence-electron chi connectivity index (χ1n) is 8.79. The van der Waals surface area contributed by atoms with Crippen LogP contribution in [0.2, 0.25) is 0 Å². The summed E-state index contributed by atoms with van der Waals surface area (Å²) < 4.78 is 33.7. The molecular formula is C19H25NO4S2. The number of benzene rings is 1. The van der Waals surface area contributed by atoms with Gasteiger partial charge in [0.05, 0.1) is 13.2 Å². The van der Waals surface area contributed by atoms with Crippen LogP contribution in [0.15, 0.2) is 41.3 Å². The maximum Gasteiger partial charge on any atom is 0.244 e. The first-order valence-corrected chi connectivity index (χ1v) is 11.1. The molecule has 1 unspecified atom stereocenters. The van der Waals surface area contributed by atoms with E-state index in [0.717, 1.165) is 35.4 Å². The molecule has 0 saturated heterocycles. The summed E-state index contributed by atoms with van der Waals surface area (Å²) in [6, 6.07) is 10.6. The van der Waals surface area contributed by atoms with Crippen molar-refractivity contribution in [1.82, 2.24) is 4.72 Å². The van der Waals surface area contributed by atoms with E-state index in [1.807, 2.05) is 12.1 Å². The fourth-order valence-electron chi connectivity index (χ4n) is 3.58. The lowest BCUT2D eigenvalue weighted by Crippen LogP contribution is -2.38. The fraction of sp³-hybridized carbons (Fsp3) is 0.474. The smallest absolute Gasteiger partial charge is 0.244 e. The Kier molecular flexibility index (Phi) is 5.72. The molecule has 0 radical (unpaired) electrons. The molecule has 1 fully saturated rings. The first kappa shape index (κ1) is 19.4. The number of aliphatic hydroxyl groups is 1. The summed E-state index contributed by atoms with van der Waals surface area (Å²) in [5.74, 6) is 0.341. The molecular weight excluding hydrogens is 370 g/mol. The van der Waals surface area contributed by atoms with Gasteiger partial charge in [0.25, 0.3) is 0 Å². The predicted molar refractivity (Wildman–Crippen MR) is 103 cm³/mol. The van der Waals surface area contributed by atoms with Crippen LogP contribution in [-0.2, 0) is 15.4 Å². The molecule has 1 atom stereocenters. The quantitative estimate of drug-likeness (QED) is 0.751. The number of sulfonamides is 1. The molecule has 3 rings (SSSR count). The molecule has 26 heavy (non-hydrogen) atoms. The summed E-state index contributed by atoms with van der Waals surface area (Å²) in [4.78, 5) is 2.22. The van der Waals surface area contributed by atoms with Gasteiger partial charge in [0, 0.05) is 21.7 Å². The number of hydrogen-bond acceptors (Lipinski definition) is 5. The fourth-order valence-corrected chi connectivity index (χ4v) is 6.06. The van der Waals surface area contributed by atoms with Crippen LogP contribution < -0.4 is 9.46 Å². The molecule has 2 N–H and O–H groups in total. The van der Waals surface area contributed by atoms with E-state index in [4.69, 9.17) is 4.74 Å². The molecule has 7 heteroatoms. The topological polar surface area (TPSA) is 75.6 Å². The van der Waals surface area contributed by atoms with E-state index in [2.05, 4.69) is 4.72 Å². The first-order chi connectivity index (χ1) is 12.4. The van der Waals surface area contributed by atoms with Crippen LogP contribution >= 0.6 is 11.3 Å². The SMILES string of the molecule is COc1ccccc1S(=O)(=O)NCC1(c2ccc(C(C)O)s2)CCCC1. The zero-order valence-corrected chi connectivity index (χ0v) is 16.7. The van der Waals surface area contributed by atoms with Gasteiger partial charge in [0.1, 0.15) is 10.6 Å². The molecule has 2 aromatic rings. The van der Waals surface area contributed by atoms with Gasteiger partial charge in [-0.25, -0.2) is 13.1 Å². The summed E-state index contributed by atoms with van der Waals surface area (Å²) in [7, 11) is -2.20. The third-order valence-electron chi connectivity index (χ3n) is 5.08. The average molecular weight is 396 g/mol. The second-order valence-corrected chi connectivity index (χ2v) is 9.69. The molecule has 142 valence electrons. The van der Waals surface area contributed by atoms with Gasteiger partial charge < -0.3 is 9.84 Å². The molecule has 1 aliphatic rings. The minimum absolute atomic E-state index is 0.159. The molecule has 0 bridgehead atoms. The second kappa shape index (κ2) is 7.68. The zero-order chi connectivity index (χ0) is 18.8. The number of rotatable bonds is 7. The number of thiophene rings is 1. The summed E-state index contributed by atoms with van der Waals surface area (Å²) in [5.41, 5.74) is -0.201. The highest BCUT2D eigenvalue weighted by molar-refractivity contribution is 7.89. The lowest BCUT2D eigenvalue weighted by Gasteiger charge is -2.28. The molecule has 5 nitrogen and oxygen atoms in total. The Morgan fingerprint density at radius 1 is 1.23 bits per heavy atom. The van der Waals surface area contributed by atoms with Crippen LogP contribution in [0.4, 0.5) is 0 Å². The molecule has 1 aromatic carbocycles. The van der Waals surface area contributed by atoms with Gasteiger partial charge >= 0.3 is 0 Å². The van der Waals surface area contributed by atoms with Gasteiger partial charge in [0.2, 0.25) is 10.0 Å². The van der Waals surface area contributed by atoms with Gasteiger partial charge in [-0.05, 0) is 44.0 Å². The van der Waals surface area contributed by atoms with Gasteiger partial charge in [-0.2, -0.15) is 0 Å². The largest absolute Gasteiger partial charge is 0.495 e. The summed E-state index contributed by atoms with van der Waals surface area (Å²) in [6.07, 6.45) is 3.55. The van der Waals surface area contributed by atoms with Crippen LogP contribution in [0, 0.1) is 0 Å². The van der Waals surface area contributed by atoms with Gasteiger partial charge in [-0.3, -0.25) is 0 Å². The van der Waals surface area contributed by atoms with Gasteiger partial charge in [-0.15, -0.1) is 11.3 Å². The van der Waals surface area contributed by atoms with Crippen LogP contribution in [0.5, 0.6) is 5.75 Å². The van der Waals surface area contributed by atoms with E-state index in [-0.39, 0.29) is 10.3 Å². The molecule has 0 aliphatic heterocycles. The second-order valence-electron chi connectivity index (χ2n) is 6.84. The van der Waals surface area contributed by atoms with Gasteiger partial charge in [0.15, 0.2) is 0 Å². The lowest BCUT2D eigenvalue weighted by atomic mass is 9.85. The predicted octanol–water partition coefficient (Wildman–Crippen LogP) is 3.60. The number of aliphatic hydroxyl groups excluding tert-OH is 1. The van der Waals surface area contributed by atoms with Gasteiger partial charge in [-0.1, -0.05) is 25.0 Å². The number of para-hydroxylation sites is 1. The maximum absolute atomic E-state index is 12.8. The minimum Gasteiger partial charge on any atom is -0.495 e. The van der Waals surface area contributed by atoms with E-state index in [0.29, 0.717) is 12.3 Å². The highest BCUT2D eigenvalue weighted by atomic mass is 32.2. The number of hydrogen-bond donors (Lipinski definition) is 2. The zero-order valence-electron chi connectivity index (χ0n) is 15.1. The molecule has 0 amide bonds. The summed E-state index contributed by atoms with van der Waals surface area (Å²) in [6.45, 7) is 2.11. The van der Waals surface area contributed by atoms with Crippen molar-refractivity contribution in [3.05, 3.63) is 46.2 Å². The monoisotopic (exact) mass is 395 g/mol. The Hall–Kier alpha value is -1.41. The average Bonchev–Trinajstić information content (AvgIpc) is 3.30. The third kappa shape index (κ3) is 3.81. The lowest BCUT2D eigenvalue weighted by molar-refractivity contribution is 0.203. The Balaban J connectivity index is 1.85. The molecule has 1 heterocycles. The van der Waals surface area contributed by atoms with Crippen molar-refractivity contribution in [3.8, 4) is 5.75 Å². The Bertz CT molecular complexity index is 852. The van der Waals surface area contributed by atoms with E-state index in [1.54, 1.807) is 42.5 Å². The van der Waals surface area contributed by atoms with Crippen LogP contribution in [0.25, 0.3) is 0 Å². The number of methoxy groups -OCH3 is 1. The number of nitrogens with one attached hydrogen (secondary N) is 1. The Morgan fingerprint density at radius 3 is 2.54 bits per heavy atom. The van der Waals surface area contributed by atoms with Crippen LogP contribution in [0.3, 0.4) is 0 Å². The summed E-state index contributed by atoms with van der Waals surface area (Å²) in [5, 5.41) is 9.81. The van der Waals surface area contributed by atoms with Crippen molar-refractivity contribution in [2.75, 3.05) is 13.7 Å². The molecule has 1 saturated carbocycles. The highest BCUT2D eigenvalue weighted by Crippen LogP contribution is 2.44. The standard InChI is InChI=1S/C19H25NO4S2/c1-14(21)16-9-10-18(25-16)19(11-5-6-12-19)13-20-26(22,23)17-8-4-3-7-15(17)24-2/h3-4,7-10,14,20-21H,5-6,11-13H2,1-2H3. The van der Waals surface area contributed by atoms with Crippen molar-refractivity contribution in [3.63, 3.8) is 0 Å². The van der Waals surface area contributed by atoms with Crippen molar-refractivity contribution in [2.45, 2.75) is 49.0 Å². The van der Waals surface area contributed by atoms with E-state index < -0.39 is 16.1 Å². The highest BCUT2D eigenvalue weighted by Gasteiger charge is 2.38. The van der Waals surface area contributed by atoms with Crippen molar-refractivity contribution >= 4 is 21.4 Å². The molecule has 1 aliphatic carbocycles. The Labute approximate surface area is 159 Å². The third-order valence-corrected chi connectivity index (χ3v) is 8.02. The van der Waals surface area contributed by atoms with Crippen molar-refractivity contribution < 1.29 is 18.3 Å². The van der Waals surface area contributed by atoms with Crippen LogP contribution in [-0.4, -0.2) is 27.2 Å². The van der Waals surface area contributed by atoms with E-state index in [9.17, 15) is 13.5 Å². The van der Waals surface area contributed by atoms with E-state index >= 15 is 0 Å².